The van der Waals surface area contributed by atoms with Gasteiger partial charge < -0.3 is 14.2 Å². The Balaban J connectivity index is 1.88. The predicted octanol–water partition coefficient (Wildman–Crippen LogP) is 3.43. The summed E-state index contributed by atoms with van der Waals surface area (Å²) >= 11 is 8.01. The molecule has 0 amide bonds. The van der Waals surface area contributed by atoms with E-state index in [2.05, 4.69) is 15.1 Å². The molecule has 9 heteroatoms. The van der Waals surface area contributed by atoms with Gasteiger partial charge in [-0.15, -0.1) is 11.3 Å². The highest BCUT2D eigenvalue weighted by atomic mass is 35.5. The summed E-state index contributed by atoms with van der Waals surface area (Å²) < 4.78 is 11.2. The van der Waals surface area contributed by atoms with Crippen LogP contribution in [0.4, 0.5) is 5.69 Å². The Bertz CT molecular complexity index is 917. The first-order valence-electron chi connectivity index (χ1n) is 7.82. The molecule has 1 saturated heterocycles. The number of anilines is 1. The number of nitrogens with zero attached hydrogens (tertiary/aromatic N) is 4. The second-order valence-corrected chi connectivity index (χ2v) is 7.26. The van der Waals surface area contributed by atoms with Crippen molar-refractivity contribution in [1.82, 2.24) is 15.1 Å². The van der Waals surface area contributed by atoms with Gasteiger partial charge in [0, 0.05) is 24.7 Å². The fourth-order valence-electron chi connectivity index (χ4n) is 3.15. The molecule has 0 saturated carbocycles. The highest BCUT2D eigenvalue weighted by Gasteiger charge is 2.29. The monoisotopic (exact) mass is 378 g/mol. The Kier molecular flexibility index (Phi) is 4.18. The summed E-state index contributed by atoms with van der Waals surface area (Å²) in [6.45, 7) is 5.20. The molecule has 4 heterocycles. The molecule has 1 aliphatic heterocycles. The molecule has 1 fully saturated rings. The number of carbonyl (C=O) groups excluding carboxylic acids is 1. The Morgan fingerprint density at radius 1 is 1.36 bits per heavy atom. The maximum absolute atomic E-state index is 11.7. The number of hydrogen-bond donors (Lipinski definition) is 0. The van der Waals surface area contributed by atoms with Crippen LogP contribution in [0.2, 0.25) is 5.02 Å². The van der Waals surface area contributed by atoms with Gasteiger partial charge in [-0.05, 0) is 13.8 Å². The first-order valence-corrected chi connectivity index (χ1v) is 9.08. The van der Waals surface area contributed by atoms with Gasteiger partial charge in [-0.25, -0.2) is 9.97 Å². The van der Waals surface area contributed by atoms with E-state index in [-0.39, 0.29) is 17.9 Å². The smallest absolute Gasteiger partial charge is 0.206 e. The molecular weight excluding hydrogens is 364 g/mol. The number of morpholine rings is 1. The average Bonchev–Trinajstić information content (AvgIpc) is 3.22. The molecule has 0 bridgehead atoms. The van der Waals surface area contributed by atoms with Crippen LogP contribution < -0.4 is 4.90 Å². The first-order chi connectivity index (χ1) is 12.1. The fourth-order valence-corrected chi connectivity index (χ4v) is 4.11. The van der Waals surface area contributed by atoms with Crippen LogP contribution in [0.1, 0.15) is 24.3 Å². The molecule has 2 atom stereocenters. The summed E-state index contributed by atoms with van der Waals surface area (Å²) in [5.74, 6) is 0. The maximum atomic E-state index is 11.7. The van der Waals surface area contributed by atoms with E-state index in [0.29, 0.717) is 51.9 Å². The predicted molar refractivity (Wildman–Crippen MR) is 95.5 cm³/mol. The normalized spacial score (nSPS) is 21.0. The summed E-state index contributed by atoms with van der Waals surface area (Å²) in [5.41, 5.74) is 2.12. The maximum Gasteiger partial charge on any atom is 0.206 e. The lowest BCUT2D eigenvalue weighted by molar-refractivity contribution is -0.00526. The molecule has 4 rings (SSSR count). The van der Waals surface area contributed by atoms with E-state index in [1.54, 1.807) is 6.20 Å². The van der Waals surface area contributed by atoms with Gasteiger partial charge in [0.2, 0.25) is 5.58 Å². The highest BCUT2D eigenvalue weighted by molar-refractivity contribution is 7.13. The van der Waals surface area contributed by atoms with Crippen LogP contribution in [0.25, 0.3) is 21.8 Å². The van der Waals surface area contributed by atoms with Crippen molar-refractivity contribution in [2.24, 2.45) is 0 Å². The molecule has 1 aliphatic rings. The Labute approximate surface area is 152 Å². The molecule has 0 spiro atoms. The Morgan fingerprint density at radius 2 is 2.12 bits per heavy atom. The fraction of sp³-hybridized carbons (Fsp3) is 0.375. The molecule has 3 aromatic rings. The van der Waals surface area contributed by atoms with Crippen molar-refractivity contribution in [1.29, 1.82) is 0 Å². The lowest BCUT2D eigenvalue weighted by Crippen LogP contribution is -2.46. The zero-order valence-electron chi connectivity index (χ0n) is 13.6. The number of fused-ring (bicyclic) bond motifs is 1. The number of pyridine rings is 1. The van der Waals surface area contributed by atoms with Gasteiger partial charge in [0.25, 0.3) is 0 Å². The van der Waals surface area contributed by atoms with Crippen LogP contribution in [0.15, 0.2) is 16.1 Å². The van der Waals surface area contributed by atoms with Gasteiger partial charge in [-0.2, -0.15) is 0 Å². The van der Waals surface area contributed by atoms with E-state index in [0.717, 1.165) is 0 Å². The van der Waals surface area contributed by atoms with Crippen LogP contribution in [0, 0.1) is 0 Å². The molecule has 25 heavy (non-hydrogen) atoms. The van der Waals surface area contributed by atoms with Crippen molar-refractivity contribution in [2.75, 3.05) is 18.0 Å². The minimum absolute atomic E-state index is 0.0237. The van der Waals surface area contributed by atoms with Gasteiger partial charge in [0.05, 0.1) is 17.9 Å². The minimum atomic E-state index is 0.0237. The number of thiazole rings is 1. The number of ether oxygens (including phenoxy) is 1. The first kappa shape index (κ1) is 16.4. The molecule has 130 valence electrons. The lowest BCUT2D eigenvalue weighted by Gasteiger charge is -2.37. The third-order valence-electron chi connectivity index (χ3n) is 4.03. The van der Waals surface area contributed by atoms with Crippen molar-refractivity contribution >= 4 is 46.0 Å². The van der Waals surface area contributed by atoms with Crippen molar-refractivity contribution in [3.63, 3.8) is 0 Å². The van der Waals surface area contributed by atoms with Crippen LogP contribution in [-0.2, 0) is 4.74 Å². The summed E-state index contributed by atoms with van der Waals surface area (Å²) in [4.78, 5) is 22.4. The van der Waals surface area contributed by atoms with E-state index < -0.39 is 0 Å². The minimum Gasteiger partial charge on any atom is -0.372 e. The SMILES string of the molecule is CC1CN(c2c(C=O)nc3c(-c4nccs4)noc3c2Cl)CC(C)O1. The second-order valence-electron chi connectivity index (χ2n) is 5.99. The van der Waals surface area contributed by atoms with Crippen LogP contribution in [-0.4, -0.2) is 46.7 Å². The van der Waals surface area contributed by atoms with Crippen molar-refractivity contribution < 1.29 is 14.1 Å². The van der Waals surface area contributed by atoms with E-state index >= 15 is 0 Å². The number of halogens is 1. The van der Waals surface area contributed by atoms with Gasteiger partial charge >= 0.3 is 0 Å². The number of rotatable bonds is 3. The summed E-state index contributed by atoms with van der Waals surface area (Å²) in [5, 5.41) is 6.90. The quantitative estimate of drug-likeness (QED) is 0.646. The second kappa shape index (κ2) is 6.36. The zero-order valence-corrected chi connectivity index (χ0v) is 15.2. The molecule has 0 aromatic carbocycles. The Morgan fingerprint density at radius 3 is 2.76 bits per heavy atom. The van der Waals surface area contributed by atoms with E-state index in [1.165, 1.54) is 11.3 Å². The number of aromatic nitrogens is 3. The van der Waals surface area contributed by atoms with E-state index in [1.807, 2.05) is 24.1 Å². The number of aldehydes is 1. The third-order valence-corrected chi connectivity index (χ3v) is 5.16. The lowest BCUT2D eigenvalue weighted by atomic mass is 10.1. The van der Waals surface area contributed by atoms with Crippen LogP contribution in [0.3, 0.4) is 0 Å². The highest BCUT2D eigenvalue weighted by Crippen LogP contribution is 2.39. The van der Waals surface area contributed by atoms with Crippen LogP contribution >= 0.6 is 22.9 Å². The third kappa shape index (κ3) is 2.80. The average molecular weight is 379 g/mol. The Hall–Kier alpha value is -2.03. The molecule has 7 nitrogen and oxygen atoms in total. The van der Waals surface area contributed by atoms with Crippen molar-refractivity contribution in [2.45, 2.75) is 26.1 Å². The summed E-state index contributed by atoms with van der Waals surface area (Å²) in [6.07, 6.45) is 2.43. The van der Waals surface area contributed by atoms with E-state index in [4.69, 9.17) is 20.9 Å². The molecule has 3 aromatic heterocycles. The topological polar surface area (TPSA) is 81.4 Å². The molecule has 2 unspecified atom stereocenters. The van der Waals surface area contributed by atoms with Gasteiger partial charge in [-0.3, -0.25) is 4.79 Å². The van der Waals surface area contributed by atoms with Gasteiger partial charge in [0.15, 0.2) is 12.0 Å². The zero-order chi connectivity index (χ0) is 17.6. The molecule has 0 radical (unpaired) electrons. The number of hydrogen-bond acceptors (Lipinski definition) is 8. The largest absolute Gasteiger partial charge is 0.372 e. The summed E-state index contributed by atoms with van der Waals surface area (Å²) in [7, 11) is 0. The molecular formula is C16H15ClN4O3S. The van der Waals surface area contributed by atoms with Gasteiger partial charge in [0.1, 0.15) is 21.2 Å². The van der Waals surface area contributed by atoms with E-state index in [9.17, 15) is 4.79 Å². The standard InChI is InChI=1S/C16H15ClN4O3S/c1-8-5-21(6-9(2)23-8)14-10(7-22)19-12-13(16-18-3-4-25-16)20-24-15(12)11(14)17/h3-4,7-9H,5-6H2,1-2H3. The van der Waals surface area contributed by atoms with Gasteiger partial charge in [-0.1, -0.05) is 16.8 Å². The van der Waals surface area contributed by atoms with Crippen molar-refractivity contribution in [3.8, 4) is 10.7 Å². The van der Waals surface area contributed by atoms with Crippen molar-refractivity contribution in [3.05, 3.63) is 22.3 Å². The summed E-state index contributed by atoms with van der Waals surface area (Å²) in [6, 6.07) is 0. The molecule has 0 aliphatic carbocycles. The molecule has 0 N–H and O–H groups in total. The number of carbonyl (C=O) groups is 1. The van der Waals surface area contributed by atoms with Crippen LogP contribution in [0.5, 0.6) is 0 Å².